The molecular formula is C19H20F2N6O. The van der Waals surface area contributed by atoms with Crippen LogP contribution in [0.15, 0.2) is 24.7 Å². The summed E-state index contributed by atoms with van der Waals surface area (Å²) in [6.07, 6.45) is 5.65. The Morgan fingerprint density at radius 1 is 1.25 bits per heavy atom. The predicted octanol–water partition coefficient (Wildman–Crippen LogP) is 2.54. The van der Waals surface area contributed by atoms with Crippen molar-refractivity contribution >= 4 is 11.5 Å². The van der Waals surface area contributed by atoms with Gasteiger partial charge in [0.15, 0.2) is 11.4 Å². The third kappa shape index (κ3) is 2.95. The van der Waals surface area contributed by atoms with Gasteiger partial charge < -0.3 is 15.4 Å². The van der Waals surface area contributed by atoms with E-state index in [0.29, 0.717) is 40.8 Å². The highest BCUT2D eigenvalue weighted by Crippen LogP contribution is 2.44. The molecule has 3 aromatic heterocycles. The molecular weight excluding hydrogens is 366 g/mol. The lowest BCUT2D eigenvalue weighted by Crippen LogP contribution is -2.30. The molecule has 2 N–H and O–H groups in total. The van der Waals surface area contributed by atoms with Gasteiger partial charge in [-0.2, -0.15) is 5.10 Å². The number of ether oxygens (including phenoxy) is 1. The van der Waals surface area contributed by atoms with Crippen LogP contribution in [0.1, 0.15) is 24.5 Å². The predicted molar refractivity (Wildman–Crippen MR) is 99.9 cm³/mol. The van der Waals surface area contributed by atoms with E-state index in [1.54, 1.807) is 24.0 Å². The Kier molecular flexibility index (Phi) is 4.12. The van der Waals surface area contributed by atoms with Crippen LogP contribution in [0, 0.1) is 5.82 Å². The Bertz CT molecular complexity index is 1030. The number of hydrogen-bond donors (Lipinski definition) is 2. The molecule has 0 radical (unpaired) electrons. The van der Waals surface area contributed by atoms with Gasteiger partial charge in [0.1, 0.15) is 17.8 Å². The largest absolute Gasteiger partial charge is 0.493 e. The van der Waals surface area contributed by atoms with Crippen LogP contribution in [0.3, 0.4) is 0 Å². The van der Waals surface area contributed by atoms with E-state index in [2.05, 4.69) is 20.7 Å². The van der Waals surface area contributed by atoms with Crippen molar-refractivity contribution in [2.75, 3.05) is 25.5 Å². The quantitative estimate of drug-likeness (QED) is 0.702. The van der Waals surface area contributed by atoms with Crippen LogP contribution in [0.2, 0.25) is 0 Å². The van der Waals surface area contributed by atoms with E-state index in [1.807, 2.05) is 0 Å². The van der Waals surface area contributed by atoms with Crippen molar-refractivity contribution in [1.82, 2.24) is 24.9 Å². The summed E-state index contributed by atoms with van der Waals surface area (Å²) in [6.45, 7) is 0.771. The summed E-state index contributed by atoms with van der Waals surface area (Å²) in [7, 11) is 1.61. The van der Waals surface area contributed by atoms with Crippen LogP contribution in [0.4, 0.5) is 14.6 Å². The molecule has 1 aliphatic heterocycles. The molecule has 0 bridgehead atoms. The number of fused-ring (bicyclic) bond motifs is 1. The van der Waals surface area contributed by atoms with Crippen LogP contribution in [-0.2, 0) is 0 Å². The van der Waals surface area contributed by atoms with E-state index in [1.165, 1.54) is 6.07 Å². The first-order valence-corrected chi connectivity index (χ1v) is 9.33. The number of nitrogens with zero attached hydrogens (tertiary/aromatic N) is 4. The van der Waals surface area contributed by atoms with Gasteiger partial charge >= 0.3 is 0 Å². The fraction of sp³-hybridized carbons (Fsp3) is 0.421. The van der Waals surface area contributed by atoms with Crippen LogP contribution < -0.4 is 15.4 Å². The molecule has 0 spiro atoms. The van der Waals surface area contributed by atoms with E-state index < -0.39 is 18.0 Å². The average molecular weight is 386 g/mol. The topological polar surface area (TPSA) is 76.4 Å². The Morgan fingerprint density at radius 3 is 2.82 bits per heavy atom. The normalized spacial score (nSPS) is 22.0. The van der Waals surface area contributed by atoms with Gasteiger partial charge in [0.05, 0.1) is 43.0 Å². The molecule has 5 rings (SSSR count). The number of aromatic nitrogens is 4. The summed E-state index contributed by atoms with van der Waals surface area (Å²) in [6, 6.07) is 0.957. The van der Waals surface area contributed by atoms with Gasteiger partial charge in [-0.25, -0.2) is 23.3 Å². The van der Waals surface area contributed by atoms with Crippen LogP contribution in [-0.4, -0.2) is 52.0 Å². The maximum Gasteiger partial charge on any atom is 0.163 e. The number of pyridine rings is 1. The van der Waals surface area contributed by atoms with Gasteiger partial charge in [-0.3, -0.25) is 0 Å². The fourth-order valence-corrected chi connectivity index (χ4v) is 3.63. The van der Waals surface area contributed by atoms with Gasteiger partial charge in [0.2, 0.25) is 0 Å². The molecule has 7 nitrogen and oxygen atoms in total. The SMILES string of the molecule is COc1cn2ncc(-c3cc(F)cnc3N[C@H]3CNC[C@@H]3F)c2nc1C1CC1. The van der Waals surface area contributed by atoms with Gasteiger partial charge in [0, 0.05) is 24.6 Å². The minimum Gasteiger partial charge on any atom is -0.493 e. The van der Waals surface area contributed by atoms with Crippen molar-refractivity contribution in [3.8, 4) is 16.9 Å². The zero-order chi connectivity index (χ0) is 19.3. The molecule has 2 aliphatic rings. The van der Waals surface area contributed by atoms with Gasteiger partial charge in [-0.15, -0.1) is 0 Å². The molecule has 0 unspecified atom stereocenters. The summed E-state index contributed by atoms with van der Waals surface area (Å²) in [5, 5.41) is 10.5. The molecule has 146 valence electrons. The lowest BCUT2D eigenvalue weighted by atomic mass is 10.1. The number of alkyl halides is 1. The molecule has 0 amide bonds. The summed E-state index contributed by atoms with van der Waals surface area (Å²) >= 11 is 0. The van der Waals surface area contributed by atoms with Crippen molar-refractivity contribution in [3.05, 3.63) is 36.2 Å². The zero-order valence-corrected chi connectivity index (χ0v) is 15.3. The molecule has 1 saturated carbocycles. The summed E-state index contributed by atoms with van der Waals surface area (Å²) in [4.78, 5) is 8.95. The molecule has 1 saturated heterocycles. The average Bonchev–Trinajstić information content (AvgIpc) is 3.35. The van der Waals surface area contributed by atoms with Crippen molar-refractivity contribution in [2.45, 2.75) is 31.0 Å². The number of nitrogens with one attached hydrogen (secondary N) is 2. The summed E-state index contributed by atoms with van der Waals surface area (Å²) < 4.78 is 35.1. The molecule has 4 heterocycles. The standard InChI is InChI=1S/C19H20F2N6O/c1-28-16-9-27-19(26-17(16)10-2-3-10)13(6-24-27)12-4-11(20)5-23-18(12)25-15-8-22-7-14(15)21/h4-6,9-10,14-15,22H,2-3,7-8H2,1H3,(H,23,25)/t14-,15-/m0/s1. The van der Waals surface area contributed by atoms with Gasteiger partial charge in [-0.05, 0) is 18.9 Å². The maximum atomic E-state index is 14.0. The molecule has 1 aliphatic carbocycles. The fourth-order valence-electron chi connectivity index (χ4n) is 3.63. The first-order valence-electron chi connectivity index (χ1n) is 9.33. The second kappa shape index (κ2) is 6.66. The Morgan fingerprint density at radius 2 is 2.11 bits per heavy atom. The highest BCUT2D eigenvalue weighted by molar-refractivity contribution is 5.84. The number of anilines is 1. The zero-order valence-electron chi connectivity index (χ0n) is 15.3. The second-order valence-electron chi connectivity index (χ2n) is 7.27. The van der Waals surface area contributed by atoms with Gasteiger partial charge in [-0.1, -0.05) is 0 Å². The number of halogens is 2. The molecule has 2 fully saturated rings. The lowest BCUT2D eigenvalue weighted by Gasteiger charge is -2.17. The van der Waals surface area contributed by atoms with E-state index in [0.717, 1.165) is 24.7 Å². The summed E-state index contributed by atoms with van der Waals surface area (Å²) in [5.74, 6) is 1.01. The van der Waals surface area contributed by atoms with Gasteiger partial charge in [0.25, 0.3) is 0 Å². The Balaban J connectivity index is 1.61. The van der Waals surface area contributed by atoms with E-state index in [4.69, 9.17) is 9.72 Å². The Hall–Kier alpha value is -2.81. The molecule has 0 aromatic carbocycles. The number of hydrogen-bond acceptors (Lipinski definition) is 6. The third-order valence-electron chi connectivity index (χ3n) is 5.28. The lowest BCUT2D eigenvalue weighted by molar-refractivity contribution is 0.342. The number of rotatable bonds is 5. The molecule has 28 heavy (non-hydrogen) atoms. The van der Waals surface area contributed by atoms with Crippen molar-refractivity contribution in [2.24, 2.45) is 0 Å². The van der Waals surface area contributed by atoms with Crippen LogP contribution in [0.5, 0.6) is 5.75 Å². The van der Waals surface area contributed by atoms with Crippen molar-refractivity contribution in [1.29, 1.82) is 0 Å². The number of methoxy groups -OCH3 is 1. The Labute approximate surface area is 160 Å². The molecule has 2 atom stereocenters. The highest BCUT2D eigenvalue weighted by Gasteiger charge is 2.31. The first-order chi connectivity index (χ1) is 13.6. The van der Waals surface area contributed by atoms with E-state index in [9.17, 15) is 8.78 Å². The molecule has 9 heteroatoms. The highest BCUT2D eigenvalue weighted by atomic mass is 19.1. The maximum absolute atomic E-state index is 14.0. The van der Waals surface area contributed by atoms with Crippen LogP contribution >= 0.6 is 0 Å². The third-order valence-corrected chi connectivity index (χ3v) is 5.28. The second-order valence-corrected chi connectivity index (χ2v) is 7.27. The molecule has 3 aromatic rings. The first kappa shape index (κ1) is 17.3. The van der Waals surface area contributed by atoms with Crippen molar-refractivity contribution in [3.63, 3.8) is 0 Å². The van der Waals surface area contributed by atoms with E-state index in [-0.39, 0.29) is 6.54 Å². The minimum atomic E-state index is -1.03. The smallest absolute Gasteiger partial charge is 0.163 e. The van der Waals surface area contributed by atoms with E-state index >= 15 is 0 Å². The van der Waals surface area contributed by atoms with Crippen molar-refractivity contribution < 1.29 is 13.5 Å². The minimum absolute atomic E-state index is 0.289. The van der Waals surface area contributed by atoms with Crippen LogP contribution in [0.25, 0.3) is 16.8 Å². The summed E-state index contributed by atoms with van der Waals surface area (Å²) in [5.41, 5.74) is 2.63. The monoisotopic (exact) mass is 386 g/mol.